The van der Waals surface area contributed by atoms with Gasteiger partial charge in [-0.25, -0.2) is 0 Å². The molecule has 0 aliphatic rings. The largest absolute Gasteiger partial charge is 0.454 e. The van der Waals surface area contributed by atoms with Crippen LogP contribution >= 0.6 is 39.1 Å². The molecule has 100 valence electrons. The topological polar surface area (TPSA) is 21.3 Å². The maximum Gasteiger partial charge on any atom is 0.147 e. The van der Waals surface area contributed by atoms with E-state index in [1.807, 2.05) is 31.3 Å². The minimum Gasteiger partial charge on any atom is -0.454 e. The van der Waals surface area contributed by atoms with Crippen LogP contribution in [0.3, 0.4) is 0 Å². The summed E-state index contributed by atoms with van der Waals surface area (Å²) in [5, 5.41) is 4.17. The molecule has 2 aromatic rings. The summed E-state index contributed by atoms with van der Waals surface area (Å²) in [7, 11) is 1.89. The molecule has 0 heterocycles. The fourth-order valence-corrected chi connectivity index (χ4v) is 2.35. The number of hydrogen-bond acceptors (Lipinski definition) is 2. The molecule has 0 unspecified atom stereocenters. The van der Waals surface area contributed by atoms with Crippen molar-refractivity contribution < 1.29 is 4.74 Å². The molecule has 0 amide bonds. The van der Waals surface area contributed by atoms with Gasteiger partial charge in [-0.2, -0.15) is 0 Å². The van der Waals surface area contributed by atoms with Gasteiger partial charge >= 0.3 is 0 Å². The van der Waals surface area contributed by atoms with E-state index in [1.54, 1.807) is 12.1 Å². The highest BCUT2D eigenvalue weighted by Crippen LogP contribution is 2.35. The normalized spacial score (nSPS) is 10.5. The Kier molecular flexibility index (Phi) is 5.11. The van der Waals surface area contributed by atoms with Crippen molar-refractivity contribution in [2.75, 3.05) is 7.05 Å². The van der Waals surface area contributed by atoms with E-state index in [4.69, 9.17) is 27.9 Å². The number of halogens is 3. The zero-order valence-corrected chi connectivity index (χ0v) is 13.3. The maximum absolute atomic E-state index is 6.20. The first kappa shape index (κ1) is 14.7. The molecule has 0 radical (unpaired) electrons. The summed E-state index contributed by atoms with van der Waals surface area (Å²) in [4.78, 5) is 0. The number of nitrogens with one attached hydrogen (secondary N) is 1. The van der Waals surface area contributed by atoms with Crippen molar-refractivity contribution in [3.63, 3.8) is 0 Å². The standard InChI is InChI=1S/C14H12BrCl2NO/c1-18-8-9-2-5-13(12(17)6-9)19-14-7-10(15)3-4-11(14)16/h2-7,18H,8H2,1H3. The van der Waals surface area contributed by atoms with Gasteiger partial charge in [0.15, 0.2) is 0 Å². The first-order chi connectivity index (χ1) is 9.10. The second-order valence-corrected chi connectivity index (χ2v) is 5.70. The summed E-state index contributed by atoms with van der Waals surface area (Å²) in [6, 6.07) is 11.1. The quantitative estimate of drug-likeness (QED) is 0.802. The molecule has 1 N–H and O–H groups in total. The van der Waals surface area contributed by atoms with Crippen LogP contribution in [0.15, 0.2) is 40.9 Å². The van der Waals surface area contributed by atoms with Crippen LogP contribution in [0.5, 0.6) is 11.5 Å². The van der Waals surface area contributed by atoms with E-state index in [0.29, 0.717) is 21.5 Å². The molecule has 5 heteroatoms. The molecule has 2 rings (SSSR count). The molecule has 0 saturated heterocycles. The average molecular weight is 361 g/mol. The summed E-state index contributed by atoms with van der Waals surface area (Å²) in [5.74, 6) is 1.15. The van der Waals surface area contributed by atoms with Crippen LogP contribution in [0.4, 0.5) is 0 Å². The molecule has 2 aromatic carbocycles. The number of rotatable bonds is 4. The molecule has 2 nitrogen and oxygen atoms in total. The molecule has 19 heavy (non-hydrogen) atoms. The van der Waals surface area contributed by atoms with Crippen molar-refractivity contribution >= 4 is 39.1 Å². The lowest BCUT2D eigenvalue weighted by atomic mass is 10.2. The summed E-state index contributed by atoms with van der Waals surface area (Å²) in [6.45, 7) is 0.762. The number of hydrogen-bond donors (Lipinski definition) is 1. The van der Waals surface area contributed by atoms with E-state index in [9.17, 15) is 0 Å². The van der Waals surface area contributed by atoms with Crippen LogP contribution < -0.4 is 10.1 Å². The second kappa shape index (κ2) is 6.62. The van der Waals surface area contributed by atoms with Gasteiger partial charge in [-0.3, -0.25) is 0 Å². The zero-order chi connectivity index (χ0) is 13.8. The van der Waals surface area contributed by atoms with Crippen LogP contribution in [-0.2, 0) is 6.54 Å². The Bertz CT molecular complexity index is 590. The number of ether oxygens (including phenoxy) is 1. The second-order valence-electron chi connectivity index (χ2n) is 3.97. The number of benzene rings is 2. The van der Waals surface area contributed by atoms with Gasteiger partial charge in [-0.1, -0.05) is 45.2 Å². The molecule has 0 aliphatic carbocycles. The van der Waals surface area contributed by atoms with Crippen LogP contribution in [0.1, 0.15) is 5.56 Å². The third kappa shape index (κ3) is 3.86. The lowest BCUT2D eigenvalue weighted by Crippen LogP contribution is -2.04. The molecule has 0 saturated carbocycles. The Hall–Kier alpha value is -0.740. The Morgan fingerprint density at radius 2 is 1.84 bits per heavy atom. The lowest BCUT2D eigenvalue weighted by Gasteiger charge is -2.10. The van der Waals surface area contributed by atoms with Crippen molar-refractivity contribution in [3.05, 3.63) is 56.5 Å². The van der Waals surface area contributed by atoms with Crippen molar-refractivity contribution in [2.45, 2.75) is 6.54 Å². The SMILES string of the molecule is CNCc1ccc(Oc2cc(Br)ccc2Cl)c(Cl)c1. The molecule has 0 aromatic heterocycles. The van der Waals surface area contributed by atoms with Crippen molar-refractivity contribution in [1.29, 1.82) is 0 Å². The molecule has 0 fully saturated rings. The highest BCUT2D eigenvalue weighted by Gasteiger charge is 2.08. The monoisotopic (exact) mass is 359 g/mol. The Morgan fingerprint density at radius 3 is 2.53 bits per heavy atom. The van der Waals surface area contributed by atoms with E-state index in [0.717, 1.165) is 16.6 Å². The van der Waals surface area contributed by atoms with Gasteiger partial charge in [0, 0.05) is 11.0 Å². The predicted molar refractivity (Wildman–Crippen MR) is 83.4 cm³/mol. The summed E-state index contributed by atoms with van der Waals surface area (Å²) >= 11 is 15.7. The van der Waals surface area contributed by atoms with Gasteiger partial charge in [-0.15, -0.1) is 0 Å². The minimum absolute atomic E-state index is 0.540. The maximum atomic E-state index is 6.20. The van der Waals surface area contributed by atoms with Crippen LogP contribution in [0.25, 0.3) is 0 Å². The van der Waals surface area contributed by atoms with E-state index < -0.39 is 0 Å². The van der Waals surface area contributed by atoms with Crippen molar-refractivity contribution in [3.8, 4) is 11.5 Å². The van der Waals surface area contributed by atoms with Gasteiger partial charge in [-0.05, 0) is 42.9 Å². The molecular weight excluding hydrogens is 349 g/mol. The van der Waals surface area contributed by atoms with Gasteiger partial charge in [0.2, 0.25) is 0 Å². The van der Waals surface area contributed by atoms with E-state index >= 15 is 0 Å². The van der Waals surface area contributed by atoms with Crippen molar-refractivity contribution in [2.24, 2.45) is 0 Å². The highest BCUT2D eigenvalue weighted by atomic mass is 79.9. The van der Waals surface area contributed by atoms with E-state index in [1.165, 1.54) is 0 Å². The first-order valence-electron chi connectivity index (χ1n) is 5.66. The average Bonchev–Trinajstić information content (AvgIpc) is 2.37. The van der Waals surface area contributed by atoms with Gasteiger partial charge in [0.1, 0.15) is 11.5 Å². The van der Waals surface area contributed by atoms with E-state index in [2.05, 4.69) is 21.2 Å². The fourth-order valence-electron chi connectivity index (χ4n) is 1.62. The van der Waals surface area contributed by atoms with E-state index in [-0.39, 0.29) is 0 Å². The van der Waals surface area contributed by atoms with Crippen LogP contribution in [0, 0.1) is 0 Å². The summed E-state index contributed by atoms with van der Waals surface area (Å²) in [6.07, 6.45) is 0. The molecule has 0 bridgehead atoms. The Labute approximate surface area is 130 Å². The molecule has 0 atom stereocenters. The lowest BCUT2D eigenvalue weighted by molar-refractivity contribution is 0.482. The molecule has 0 aliphatic heterocycles. The predicted octanol–water partition coefficient (Wildman–Crippen LogP) is 5.27. The van der Waals surface area contributed by atoms with Gasteiger partial charge in [0.25, 0.3) is 0 Å². The zero-order valence-electron chi connectivity index (χ0n) is 10.2. The minimum atomic E-state index is 0.540. The van der Waals surface area contributed by atoms with Gasteiger partial charge in [0.05, 0.1) is 10.0 Å². The first-order valence-corrected chi connectivity index (χ1v) is 7.21. The van der Waals surface area contributed by atoms with Gasteiger partial charge < -0.3 is 10.1 Å². The Morgan fingerprint density at radius 1 is 1.05 bits per heavy atom. The molecular formula is C14H12BrCl2NO. The summed E-state index contributed by atoms with van der Waals surface area (Å²) < 4.78 is 6.64. The fraction of sp³-hybridized carbons (Fsp3) is 0.143. The smallest absolute Gasteiger partial charge is 0.147 e. The third-order valence-corrected chi connectivity index (χ3v) is 3.59. The van der Waals surface area contributed by atoms with Crippen LogP contribution in [-0.4, -0.2) is 7.05 Å². The molecule has 0 spiro atoms. The Balaban J connectivity index is 2.25. The summed E-state index contributed by atoms with van der Waals surface area (Å²) in [5.41, 5.74) is 1.10. The highest BCUT2D eigenvalue weighted by molar-refractivity contribution is 9.10. The van der Waals surface area contributed by atoms with Crippen molar-refractivity contribution in [1.82, 2.24) is 5.32 Å². The third-order valence-electron chi connectivity index (χ3n) is 2.49. The van der Waals surface area contributed by atoms with Crippen LogP contribution in [0.2, 0.25) is 10.0 Å².